The van der Waals surface area contributed by atoms with Crippen LogP contribution in [0.1, 0.15) is 12.5 Å². The Balaban J connectivity index is 2.54. The Bertz CT molecular complexity index is 802. The first-order valence-electron chi connectivity index (χ1n) is 6.50. The number of hydrogen-bond donors (Lipinski definition) is 0. The Morgan fingerprint density at radius 2 is 1.88 bits per heavy atom. The predicted octanol–water partition coefficient (Wildman–Crippen LogP) is 2.31. The summed E-state index contributed by atoms with van der Waals surface area (Å²) in [7, 11) is 0.791. The van der Waals surface area contributed by atoms with E-state index in [1.54, 1.807) is 0 Å². The lowest BCUT2D eigenvalue weighted by Gasteiger charge is -2.14. The standard InChI is InChI=1S/C15H10F3N3O3/c1-8-11(12(14(23)24-2)15(16,17)18)13(22)21(20-8)10-5-3-9(7-19)4-6-10/h3-6H,1-2H3. The molecule has 124 valence electrons. The quantitative estimate of drug-likeness (QED) is 0.612. The number of hydrogen-bond acceptors (Lipinski definition) is 5. The maximum Gasteiger partial charge on any atom is 0.424 e. The van der Waals surface area contributed by atoms with Gasteiger partial charge in [0.1, 0.15) is 0 Å². The van der Waals surface area contributed by atoms with Crippen molar-refractivity contribution in [3.63, 3.8) is 0 Å². The predicted molar refractivity (Wildman–Crippen MR) is 76.8 cm³/mol. The molecule has 1 aromatic rings. The summed E-state index contributed by atoms with van der Waals surface area (Å²) in [5.74, 6) is -2.77. The highest BCUT2D eigenvalue weighted by Crippen LogP contribution is 2.34. The molecule has 2 rings (SSSR count). The first kappa shape index (κ1) is 17.2. The van der Waals surface area contributed by atoms with Gasteiger partial charge in [0.05, 0.1) is 35.7 Å². The molecule has 0 spiro atoms. The summed E-state index contributed by atoms with van der Waals surface area (Å²) in [6.45, 7) is 1.19. The third kappa shape index (κ3) is 2.99. The molecule has 0 radical (unpaired) electrons. The molecule has 0 bridgehead atoms. The summed E-state index contributed by atoms with van der Waals surface area (Å²) in [6, 6.07) is 7.38. The molecule has 0 N–H and O–H groups in total. The van der Waals surface area contributed by atoms with Crippen molar-refractivity contribution in [2.24, 2.45) is 5.10 Å². The van der Waals surface area contributed by atoms with Crippen LogP contribution in [0.3, 0.4) is 0 Å². The molecule has 0 aromatic heterocycles. The van der Waals surface area contributed by atoms with Gasteiger partial charge in [-0.2, -0.15) is 28.5 Å². The monoisotopic (exact) mass is 337 g/mol. The summed E-state index contributed by atoms with van der Waals surface area (Å²) in [5.41, 5.74) is -2.35. The first-order chi connectivity index (χ1) is 11.2. The number of methoxy groups -OCH3 is 1. The van der Waals surface area contributed by atoms with Crippen molar-refractivity contribution in [3.05, 3.63) is 41.0 Å². The molecule has 1 aromatic carbocycles. The van der Waals surface area contributed by atoms with E-state index >= 15 is 0 Å². The number of carbonyl (C=O) groups excluding carboxylic acids is 2. The molecule has 1 heterocycles. The second-order valence-electron chi connectivity index (χ2n) is 4.70. The molecule has 1 aliphatic rings. The van der Waals surface area contributed by atoms with E-state index in [1.165, 1.54) is 31.2 Å². The molecule has 1 amide bonds. The second-order valence-corrected chi connectivity index (χ2v) is 4.70. The van der Waals surface area contributed by atoms with Crippen LogP contribution < -0.4 is 5.01 Å². The number of benzene rings is 1. The molecule has 0 unspecified atom stereocenters. The number of anilines is 1. The van der Waals surface area contributed by atoms with E-state index in [1.807, 2.05) is 6.07 Å². The maximum atomic E-state index is 13.2. The molecular weight excluding hydrogens is 327 g/mol. The zero-order valence-electron chi connectivity index (χ0n) is 12.5. The molecular formula is C15H10F3N3O3. The van der Waals surface area contributed by atoms with Crippen LogP contribution in [0.15, 0.2) is 40.5 Å². The number of amides is 1. The summed E-state index contributed by atoms with van der Waals surface area (Å²) in [6.07, 6.45) is -5.07. The summed E-state index contributed by atoms with van der Waals surface area (Å²) < 4.78 is 43.6. The number of halogens is 3. The lowest BCUT2D eigenvalue weighted by Crippen LogP contribution is -2.29. The zero-order valence-corrected chi connectivity index (χ0v) is 12.5. The van der Waals surface area contributed by atoms with Gasteiger partial charge >= 0.3 is 12.1 Å². The van der Waals surface area contributed by atoms with Crippen LogP contribution in [0.2, 0.25) is 0 Å². The summed E-state index contributed by atoms with van der Waals surface area (Å²) in [5, 5.41) is 13.3. The lowest BCUT2D eigenvalue weighted by molar-refractivity contribution is -0.148. The highest BCUT2D eigenvalue weighted by atomic mass is 19.4. The Labute approximate surface area is 134 Å². The van der Waals surface area contributed by atoms with Crippen LogP contribution in [-0.2, 0) is 14.3 Å². The fraction of sp³-hybridized carbons (Fsp3) is 0.200. The van der Waals surface area contributed by atoms with Gasteiger partial charge in [-0.3, -0.25) is 4.79 Å². The number of alkyl halides is 3. The van der Waals surface area contributed by atoms with Crippen molar-refractivity contribution in [3.8, 4) is 6.07 Å². The molecule has 9 heteroatoms. The van der Waals surface area contributed by atoms with Gasteiger partial charge in [0, 0.05) is 0 Å². The van der Waals surface area contributed by atoms with Gasteiger partial charge in [0.2, 0.25) is 0 Å². The van der Waals surface area contributed by atoms with Crippen LogP contribution in [0, 0.1) is 11.3 Å². The van der Waals surface area contributed by atoms with Crippen molar-refractivity contribution in [2.45, 2.75) is 13.1 Å². The van der Waals surface area contributed by atoms with E-state index in [0.29, 0.717) is 5.56 Å². The number of nitriles is 1. The number of esters is 1. The van der Waals surface area contributed by atoms with Gasteiger partial charge < -0.3 is 4.74 Å². The molecule has 0 atom stereocenters. The van der Waals surface area contributed by atoms with Crippen molar-refractivity contribution >= 4 is 23.3 Å². The third-order valence-corrected chi connectivity index (χ3v) is 3.18. The minimum absolute atomic E-state index is 0.166. The Morgan fingerprint density at radius 1 is 1.29 bits per heavy atom. The van der Waals surface area contributed by atoms with Crippen molar-refractivity contribution in [1.82, 2.24) is 0 Å². The van der Waals surface area contributed by atoms with E-state index in [-0.39, 0.29) is 11.4 Å². The Hall–Kier alpha value is -3.15. The number of carbonyl (C=O) groups is 2. The van der Waals surface area contributed by atoms with Crippen LogP contribution in [-0.4, -0.2) is 30.9 Å². The fourth-order valence-electron chi connectivity index (χ4n) is 2.11. The van der Waals surface area contributed by atoms with E-state index in [9.17, 15) is 22.8 Å². The Kier molecular flexibility index (Phi) is 4.41. The largest absolute Gasteiger partial charge is 0.465 e. The van der Waals surface area contributed by atoms with Crippen molar-refractivity contribution < 1.29 is 27.5 Å². The molecule has 0 fully saturated rings. The topological polar surface area (TPSA) is 82.8 Å². The highest BCUT2D eigenvalue weighted by molar-refractivity contribution is 6.32. The van der Waals surface area contributed by atoms with Gasteiger partial charge in [-0.15, -0.1) is 0 Å². The molecule has 0 saturated heterocycles. The minimum atomic E-state index is -5.07. The van der Waals surface area contributed by atoms with E-state index in [4.69, 9.17) is 5.26 Å². The zero-order chi connectivity index (χ0) is 18.1. The lowest BCUT2D eigenvalue weighted by atomic mass is 10.0. The summed E-state index contributed by atoms with van der Waals surface area (Å²) in [4.78, 5) is 23.9. The van der Waals surface area contributed by atoms with Gasteiger partial charge in [-0.25, -0.2) is 4.79 Å². The fourth-order valence-corrected chi connectivity index (χ4v) is 2.11. The molecule has 6 nitrogen and oxygen atoms in total. The van der Waals surface area contributed by atoms with Gasteiger partial charge in [0.25, 0.3) is 5.91 Å². The van der Waals surface area contributed by atoms with E-state index < -0.39 is 29.2 Å². The average Bonchev–Trinajstić information content (AvgIpc) is 2.82. The van der Waals surface area contributed by atoms with Crippen LogP contribution in [0.5, 0.6) is 0 Å². The van der Waals surface area contributed by atoms with E-state index in [2.05, 4.69) is 9.84 Å². The maximum absolute atomic E-state index is 13.2. The normalized spacial score (nSPS) is 16.6. The average molecular weight is 337 g/mol. The second kappa shape index (κ2) is 6.16. The summed E-state index contributed by atoms with van der Waals surface area (Å²) >= 11 is 0. The third-order valence-electron chi connectivity index (χ3n) is 3.18. The smallest absolute Gasteiger partial charge is 0.424 e. The number of rotatable bonds is 2. The highest BCUT2D eigenvalue weighted by Gasteiger charge is 2.47. The number of nitrogens with zero attached hydrogens (tertiary/aromatic N) is 3. The molecule has 1 aliphatic heterocycles. The van der Waals surface area contributed by atoms with Crippen LogP contribution >= 0.6 is 0 Å². The van der Waals surface area contributed by atoms with Crippen molar-refractivity contribution in [2.75, 3.05) is 12.1 Å². The van der Waals surface area contributed by atoms with Crippen LogP contribution in [0.25, 0.3) is 0 Å². The van der Waals surface area contributed by atoms with Gasteiger partial charge in [0.15, 0.2) is 5.57 Å². The number of ether oxygens (including phenoxy) is 1. The van der Waals surface area contributed by atoms with Crippen LogP contribution in [0.4, 0.5) is 18.9 Å². The van der Waals surface area contributed by atoms with Gasteiger partial charge in [-0.1, -0.05) is 0 Å². The minimum Gasteiger partial charge on any atom is -0.465 e. The van der Waals surface area contributed by atoms with Gasteiger partial charge in [-0.05, 0) is 31.2 Å². The van der Waals surface area contributed by atoms with Crippen molar-refractivity contribution in [1.29, 1.82) is 5.26 Å². The molecule has 0 aliphatic carbocycles. The SMILES string of the molecule is COC(=O)C(=C1C(=O)N(c2ccc(C#N)cc2)N=C1C)C(F)(F)F. The molecule has 0 saturated carbocycles. The van der Waals surface area contributed by atoms with E-state index in [0.717, 1.165) is 12.1 Å². The molecule has 24 heavy (non-hydrogen) atoms. The first-order valence-corrected chi connectivity index (χ1v) is 6.50. The Morgan fingerprint density at radius 3 is 2.33 bits per heavy atom. The number of hydrazone groups is 1.